The number of esters is 1. The van der Waals surface area contributed by atoms with Gasteiger partial charge < -0.3 is 14.4 Å². The Kier molecular flexibility index (Phi) is 11.0. The number of unbranched alkanes of at least 4 members (excludes halogenated alkanes) is 1. The van der Waals surface area contributed by atoms with Crippen LogP contribution in [0.3, 0.4) is 0 Å². The molecule has 0 bridgehead atoms. The summed E-state index contributed by atoms with van der Waals surface area (Å²) in [5.74, 6) is -4.28. The number of non-ortho nitro benzene ring substituents is 1. The third-order valence-electron chi connectivity index (χ3n) is 9.87. The van der Waals surface area contributed by atoms with E-state index in [9.17, 15) is 29.3 Å². The van der Waals surface area contributed by atoms with Crippen LogP contribution in [0.1, 0.15) is 80.6 Å². The number of hydrogen-bond donors (Lipinski definition) is 0. The number of aryl methyl sites for hydroxylation is 1. The van der Waals surface area contributed by atoms with Gasteiger partial charge >= 0.3 is 12.1 Å². The molecule has 1 amide bonds. The number of nitro benzene ring substituents is 1. The van der Waals surface area contributed by atoms with Crippen molar-refractivity contribution in [2.45, 2.75) is 111 Å². The topological polar surface area (TPSA) is 164 Å². The maximum absolute atomic E-state index is 15.8. The molecule has 1 aromatic heterocycles. The first-order valence-electron chi connectivity index (χ1n) is 16.6. The summed E-state index contributed by atoms with van der Waals surface area (Å²) in [5, 5.41) is 19.4. The number of amides is 1. The molecule has 2 aliphatic rings. The van der Waals surface area contributed by atoms with Gasteiger partial charge in [0.15, 0.2) is 11.4 Å². The van der Waals surface area contributed by atoms with Gasteiger partial charge in [-0.25, -0.2) is 14.0 Å². The van der Waals surface area contributed by atoms with E-state index in [2.05, 4.69) is 10.3 Å². The van der Waals surface area contributed by atoms with Crippen LogP contribution in [0.15, 0.2) is 30.5 Å². The van der Waals surface area contributed by atoms with Crippen LogP contribution in [0.2, 0.25) is 0 Å². The second-order valence-corrected chi connectivity index (χ2v) is 13.8. The molecule has 1 unspecified atom stereocenters. The van der Waals surface area contributed by atoms with Gasteiger partial charge in [0.05, 0.1) is 17.2 Å². The lowest BCUT2D eigenvalue weighted by Gasteiger charge is -2.41. The highest BCUT2D eigenvalue weighted by molar-refractivity contribution is 6.07. The highest BCUT2D eigenvalue weighted by Gasteiger charge is 2.60. The standard InChI is InChI=1S/C34H46FN5O8/c1-8-27-34(7)29(23(5)28(41)21(3)16-20(2)17-22(4)30(42)33(6,35)31(43)47-27)39(32(44)48-34)15-10-9-14-38-19-26(36-37-38)24-12-11-13-25(18-24)40(45)46/h11-13,18-23,27,29H,8-10,14-17H2,1-7H3/t20-,21+,22+,23-,27+,29?,33-,34+/m0/s1. The van der Waals surface area contributed by atoms with Gasteiger partial charge in [-0.2, -0.15) is 0 Å². The summed E-state index contributed by atoms with van der Waals surface area (Å²) in [6, 6.07) is 5.28. The molecule has 0 spiro atoms. The Labute approximate surface area is 279 Å². The van der Waals surface area contributed by atoms with Crippen molar-refractivity contribution in [3.05, 3.63) is 40.6 Å². The Bertz CT molecular complexity index is 1540. The molecule has 2 fully saturated rings. The second kappa shape index (κ2) is 14.5. The Morgan fingerprint density at radius 2 is 1.71 bits per heavy atom. The molecule has 0 N–H and O–H groups in total. The Morgan fingerprint density at radius 3 is 2.38 bits per heavy atom. The normalized spacial score (nSPS) is 32.0. The van der Waals surface area contributed by atoms with Crippen molar-refractivity contribution in [1.29, 1.82) is 0 Å². The molecule has 14 heteroatoms. The van der Waals surface area contributed by atoms with Crippen molar-refractivity contribution in [3.63, 3.8) is 0 Å². The average molecular weight is 672 g/mol. The highest BCUT2D eigenvalue weighted by Crippen LogP contribution is 2.42. The van der Waals surface area contributed by atoms with E-state index < -0.39 is 63.9 Å². The molecular formula is C34H46FN5O8. The minimum atomic E-state index is -2.89. The first-order chi connectivity index (χ1) is 22.5. The Hall–Kier alpha value is -4.23. The lowest BCUT2D eigenvalue weighted by atomic mass is 9.75. The summed E-state index contributed by atoms with van der Waals surface area (Å²) in [6.07, 6.45) is 1.85. The third kappa shape index (κ3) is 7.41. The van der Waals surface area contributed by atoms with Crippen LogP contribution in [-0.4, -0.2) is 78.4 Å². The van der Waals surface area contributed by atoms with Crippen LogP contribution in [0, 0.1) is 33.8 Å². The van der Waals surface area contributed by atoms with Crippen LogP contribution >= 0.6 is 0 Å². The molecule has 3 heterocycles. The van der Waals surface area contributed by atoms with E-state index in [-0.39, 0.29) is 30.4 Å². The number of halogens is 1. The van der Waals surface area contributed by atoms with Gasteiger partial charge in [-0.05, 0) is 51.9 Å². The van der Waals surface area contributed by atoms with E-state index in [1.54, 1.807) is 50.7 Å². The number of ketones is 2. The Balaban J connectivity index is 1.55. The van der Waals surface area contributed by atoms with Gasteiger partial charge in [-0.3, -0.25) is 24.4 Å². The molecule has 4 rings (SSSR count). The number of ether oxygens (including phenoxy) is 2. The molecule has 1 aromatic carbocycles. The van der Waals surface area contributed by atoms with Crippen molar-refractivity contribution in [2.24, 2.45) is 23.7 Å². The minimum Gasteiger partial charge on any atom is -0.455 e. The summed E-state index contributed by atoms with van der Waals surface area (Å²) in [7, 11) is 0. The number of nitrogens with zero attached hydrogens (tertiary/aromatic N) is 5. The third-order valence-corrected chi connectivity index (χ3v) is 9.87. The van der Waals surface area contributed by atoms with E-state index in [0.717, 1.165) is 6.92 Å². The fourth-order valence-corrected chi connectivity index (χ4v) is 7.40. The molecular weight excluding hydrogens is 625 g/mol. The number of carbonyl (C=O) groups excluding carboxylic acids is 4. The molecule has 2 saturated heterocycles. The van der Waals surface area contributed by atoms with E-state index >= 15 is 4.39 Å². The fraction of sp³-hybridized carbons (Fsp3) is 0.647. The lowest BCUT2D eigenvalue weighted by Crippen LogP contribution is -2.58. The van der Waals surface area contributed by atoms with Gasteiger partial charge in [-0.15, -0.1) is 5.10 Å². The van der Waals surface area contributed by atoms with E-state index in [1.165, 1.54) is 17.0 Å². The number of carbonyl (C=O) groups is 4. The summed E-state index contributed by atoms with van der Waals surface area (Å²) in [4.78, 5) is 65.9. The number of alkyl halides is 1. The van der Waals surface area contributed by atoms with Crippen LogP contribution in [-0.2, 0) is 30.4 Å². The first kappa shape index (κ1) is 36.6. The van der Waals surface area contributed by atoms with Crippen LogP contribution < -0.4 is 0 Å². The van der Waals surface area contributed by atoms with Crippen LogP contribution in [0.25, 0.3) is 11.3 Å². The predicted molar refractivity (Wildman–Crippen MR) is 172 cm³/mol. The maximum atomic E-state index is 15.8. The van der Waals surface area contributed by atoms with Crippen LogP contribution in [0.4, 0.5) is 14.9 Å². The molecule has 8 atom stereocenters. The number of nitro groups is 1. The molecule has 13 nitrogen and oxygen atoms in total. The SMILES string of the molecule is CC[C@H]1OC(=O)[C@@](C)(F)C(=O)[C@H](C)C[C@@H](C)C[C@@H](C)C(=O)[C@H](C)C2N(CCCCn3cc(-c4cccc([N+](=O)[O-])c4)nn3)C(=O)O[C@@]21C. The molecule has 0 saturated carbocycles. The summed E-state index contributed by atoms with van der Waals surface area (Å²) in [5.41, 5.74) is -3.41. The van der Waals surface area contributed by atoms with Crippen molar-refractivity contribution < 1.29 is 38.0 Å². The number of fused-ring (bicyclic) bond motifs is 1. The van der Waals surface area contributed by atoms with Gasteiger partial charge in [0.1, 0.15) is 17.6 Å². The van der Waals surface area contributed by atoms with Crippen molar-refractivity contribution in [2.75, 3.05) is 6.54 Å². The quantitative estimate of drug-likeness (QED) is 0.111. The molecule has 48 heavy (non-hydrogen) atoms. The zero-order chi connectivity index (χ0) is 35.6. The molecule has 2 aliphatic heterocycles. The fourth-order valence-electron chi connectivity index (χ4n) is 7.40. The minimum absolute atomic E-state index is 0.0529. The number of cyclic esters (lactones) is 1. The van der Waals surface area contributed by atoms with Gasteiger partial charge in [0.2, 0.25) is 0 Å². The van der Waals surface area contributed by atoms with Crippen molar-refractivity contribution in [3.8, 4) is 11.3 Å². The van der Waals surface area contributed by atoms with Crippen molar-refractivity contribution >= 4 is 29.3 Å². The second-order valence-electron chi connectivity index (χ2n) is 13.8. The smallest absolute Gasteiger partial charge is 0.410 e. The number of aromatic nitrogens is 3. The van der Waals surface area contributed by atoms with E-state index in [1.807, 2.05) is 13.8 Å². The van der Waals surface area contributed by atoms with E-state index in [4.69, 9.17) is 9.47 Å². The van der Waals surface area contributed by atoms with Crippen LogP contribution in [0.5, 0.6) is 0 Å². The van der Waals surface area contributed by atoms with Gasteiger partial charge in [0, 0.05) is 48.5 Å². The Morgan fingerprint density at radius 1 is 1.04 bits per heavy atom. The maximum Gasteiger partial charge on any atom is 0.410 e. The summed E-state index contributed by atoms with van der Waals surface area (Å²) < 4.78 is 29.0. The number of benzene rings is 1. The average Bonchev–Trinajstić information content (AvgIpc) is 3.61. The van der Waals surface area contributed by atoms with Gasteiger partial charge in [-0.1, -0.05) is 52.0 Å². The zero-order valence-corrected chi connectivity index (χ0v) is 28.7. The largest absolute Gasteiger partial charge is 0.455 e. The van der Waals surface area contributed by atoms with Crippen molar-refractivity contribution in [1.82, 2.24) is 19.9 Å². The monoisotopic (exact) mass is 671 g/mol. The highest BCUT2D eigenvalue weighted by atomic mass is 19.1. The summed E-state index contributed by atoms with van der Waals surface area (Å²) >= 11 is 0. The molecule has 0 radical (unpaired) electrons. The number of Topliss-reactive ketones (excluding diaryl/α,β-unsaturated/α-hetero) is 2. The molecule has 262 valence electrons. The first-order valence-corrected chi connectivity index (χ1v) is 16.6. The molecule has 2 aromatic rings. The summed E-state index contributed by atoms with van der Waals surface area (Å²) in [6.45, 7) is 11.9. The zero-order valence-electron chi connectivity index (χ0n) is 28.7. The number of hydrogen-bond acceptors (Lipinski definition) is 10. The van der Waals surface area contributed by atoms with Gasteiger partial charge in [0.25, 0.3) is 11.4 Å². The molecule has 0 aliphatic carbocycles. The lowest BCUT2D eigenvalue weighted by molar-refractivity contribution is -0.384. The predicted octanol–water partition coefficient (Wildman–Crippen LogP) is 5.74. The van der Waals surface area contributed by atoms with E-state index in [0.29, 0.717) is 43.5 Å². The number of rotatable bonds is 8.